The molecule has 0 amide bonds. The summed E-state index contributed by atoms with van der Waals surface area (Å²) in [5, 5.41) is 12.5. The third-order valence-corrected chi connectivity index (χ3v) is 10.5. The quantitative estimate of drug-likeness (QED) is 0.804. The van der Waals surface area contributed by atoms with Crippen LogP contribution in [0.2, 0.25) is 5.04 Å². The van der Waals surface area contributed by atoms with E-state index in [4.69, 9.17) is 4.43 Å². The van der Waals surface area contributed by atoms with Crippen LogP contribution in [0.1, 0.15) is 34.1 Å². The lowest BCUT2D eigenvalue weighted by atomic mass is 10.2. The second-order valence-corrected chi connectivity index (χ2v) is 12.7. The van der Waals surface area contributed by atoms with Gasteiger partial charge in [-0.2, -0.15) is 0 Å². The standard InChI is InChI=1S/C22H30O2Si/c1-17(23)21-15-18(21)16-24-25(22(2,3)4,19-11-7-5-8-12-19)20-13-9-6-10-14-20/h5-14,17-18,21,23H,15-16H2,1-4H3/t17-,18-,21+/m0/s1. The first-order chi connectivity index (χ1) is 11.9. The Labute approximate surface area is 153 Å². The fraction of sp³-hybridized carbons (Fsp3) is 0.455. The van der Waals surface area contributed by atoms with Crippen LogP contribution in [-0.2, 0) is 4.43 Å². The molecule has 1 saturated carbocycles. The molecule has 0 unspecified atom stereocenters. The van der Waals surface area contributed by atoms with Crippen molar-refractivity contribution in [2.75, 3.05) is 6.61 Å². The first kappa shape index (κ1) is 18.4. The van der Waals surface area contributed by atoms with Gasteiger partial charge in [0.05, 0.1) is 6.10 Å². The Balaban J connectivity index is 2.00. The minimum Gasteiger partial charge on any atom is -0.407 e. The summed E-state index contributed by atoms with van der Waals surface area (Å²) in [5.74, 6) is 0.889. The molecule has 0 heterocycles. The van der Waals surface area contributed by atoms with Gasteiger partial charge in [0, 0.05) is 6.61 Å². The largest absolute Gasteiger partial charge is 0.407 e. The molecular weight excluding hydrogens is 324 g/mol. The highest BCUT2D eigenvalue weighted by atomic mass is 28.4. The third kappa shape index (κ3) is 3.59. The molecule has 1 aliphatic carbocycles. The molecule has 3 rings (SSSR count). The zero-order valence-corrected chi connectivity index (χ0v) is 16.8. The number of benzene rings is 2. The molecule has 1 N–H and O–H groups in total. The van der Waals surface area contributed by atoms with Gasteiger partial charge in [0.2, 0.25) is 0 Å². The van der Waals surface area contributed by atoms with E-state index < -0.39 is 8.32 Å². The molecule has 1 fully saturated rings. The van der Waals surface area contributed by atoms with Crippen LogP contribution < -0.4 is 10.4 Å². The Morgan fingerprint density at radius 2 is 1.48 bits per heavy atom. The van der Waals surface area contributed by atoms with Gasteiger partial charge in [0.25, 0.3) is 8.32 Å². The maximum absolute atomic E-state index is 9.84. The Morgan fingerprint density at radius 3 is 1.84 bits per heavy atom. The lowest BCUT2D eigenvalue weighted by Gasteiger charge is -2.43. The minimum atomic E-state index is -2.42. The predicted molar refractivity (Wildman–Crippen MR) is 107 cm³/mol. The molecular formula is C22H30O2Si. The monoisotopic (exact) mass is 354 g/mol. The van der Waals surface area contributed by atoms with Gasteiger partial charge >= 0.3 is 0 Å². The Kier molecular flexibility index (Phi) is 5.19. The molecule has 2 aromatic carbocycles. The van der Waals surface area contributed by atoms with E-state index in [9.17, 15) is 5.11 Å². The molecule has 0 radical (unpaired) electrons. The summed E-state index contributed by atoms with van der Waals surface area (Å²) >= 11 is 0. The van der Waals surface area contributed by atoms with Crippen LogP contribution in [0.25, 0.3) is 0 Å². The zero-order valence-electron chi connectivity index (χ0n) is 15.8. The first-order valence-corrected chi connectivity index (χ1v) is 11.2. The van der Waals surface area contributed by atoms with Gasteiger partial charge in [-0.15, -0.1) is 0 Å². The van der Waals surface area contributed by atoms with Crippen molar-refractivity contribution in [3.05, 3.63) is 60.7 Å². The van der Waals surface area contributed by atoms with Gasteiger partial charge in [-0.3, -0.25) is 0 Å². The molecule has 3 heteroatoms. The van der Waals surface area contributed by atoms with Crippen LogP contribution in [0.3, 0.4) is 0 Å². The van der Waals surface area contributed by atoms with Crippen molar-refractivity contribution >= 4 is 18.7 Å². The van der Waals surface area contributed by atoms with Crippen LogP contribution in [0.5, 0.6) is 0 Å². The van der Waals surface area contributed by atoms with Crippen LogP contribution in [0, 0.1) is 11.8 Å². The van der Waals surface area contributed by atoms with Gasteiger partial charge in [-0.25, -0.2) is 0 Å². The van der Waals surface area contributed by atoms with Crippen molar-refractivity contribution in [3.8, 4) is 0 Å². The molecule has 25 heavy (non-hydrogen) atoms. The summed E-state index contributed by atoms with van der Waals surface area (Å²) in [6, 6.07) is 21.5. The summed E-state index contributed by atoms with van der Waals surface area (Å²) < 4.78 is 6.90. The molecule has 3 atom stereocenters. The molecule has 0 saturated heterocycles. The second-order valence-electron chi connectivity index (χ2n) is 8.37. The topological polar surface area (TPSA) is 29.5 Å². The van der Waals surface area contributed by atoms with Crippen LogP contribution in [0.4, 0.5) is 0 Å². The predicted octanol–water partition coefficient (Wildman–Crippen LogP) is 3.58. The Morgan fingerprint density at radius 1 is 1.00 bits per heavy atom. The van der Waals surface area contributed by atoms with Gasteiger partial charge in [-0.05, 0) is 40.6 Å². The maximum Gasteiger partial charge on any atom is 0.261 e. The average molecular weight is 355 g/mol. The Hall–Kier alpha value is -1.42. The van der Waals surface area contributed by atoms with Crippen molar-refractivity contribution in [1.29, 1.82) is 0 Å². The van der Waals surface area contributed by atoms with E-state index in [1.807, 2.05) is 6.92 Å². The van der Waals surface area contributed by atoms with Crippen molar-refractivity contribution < 1.29 is 9.53 Å². The van der Waals surface area contributed by atoms with E-state index in [-0.39, 0.29) is 11.1 Å². The van der Waals surface area contributed by atoms with E-state index in [2.05, 4.69) is 81.4 Å². The molecule has 0 aliphatic heterocycles. The average Bonchev–Trinajstić information content (AvgIpc) is 3.36. The number of hydrogen-bond donors (Lipinski definition) is 1. The molecule has 0 bridgehead atoms. The number of rotatable bonds is 6. The van der Waals surface area contributed by atoms with Crippen molar-refractivity contribution in [2.24, 2.45) is 11.8 Å². The van der Waals surface area contributed by atoms with Gasteiger partial charge < -0.3 is 9.53 Å². The molecule has 0 spiro atoms. The van der Waals surface area contributed by atoms with E-state index in [0.29, 0.717) is 11.8 Å². The first-order valence-electron chi connectivity index (χ1n) is 9.29. The minimum absolute atomic E-state index is 0.0188. The molecule has 0 aromatic heterocycles. The normalized spacial score (nSPS) is 21.8. The highest BCUT2D eigenvalue weighted by molar-refractivity contribution is 6.99. The van der Waals surface area contributed by atoms with E-state index in [0.717, 1.165) is 13.0 Å². The van der Waals surface area contributed by atoms with E-state index in [1.54, 1.807) is 0 Å². The van der Waals surface area contributed by atoms with Crippen molar-refractivity contribution in [2.45, 2.75) is 45.3 Å². The Bertz CT molecular complexity index is 637. The zero-order chi connectivity index (χ0) is 18.1. The fourth-order valence-corrected chi connectivity index (χ4v) is 8.67. The van der Waals surface area contributed by atoms with Crippen LogP contribution >= 0.6 is 0 Å². The summed E-state index contributed by atoms with van der Waals surface area (Å²) in [5.41, 5.74) is 0. The van der Waals surface area contributed by atoms with Gasteiger partial charge in [0.15, 0.2) is 0 Å². The molecule has 1 aliphatic rings. The highest BCUT2D eigenvalue weighted by Crippen LogP contribution is 2.44. The summed E-state index contributed by atoms with van der Waals surface area (Å²) in [4.78, 5) is 0. The lowest BCUT2D eigenvalue weighted by Crippen LogP contribution is -2.66. The van der Waals surface area contributed by atoms with Gasteiger partial charge in [-0.1, -0.05) is 81.4 Å². The van der Waals surface area contributed by atoms with Crippen molar-refractivity contribution in [3.63, 3.8) is 0 Å². The van der Waals surface area contributed by atoms with E-state index >= 15 is 0 Å². The number of aliphatic hydroxyl groups is 1. The molecule has 2 aromatic rings. The summed E-state index contributed by atoms with van der Waals surface area (Å²) in [6.07, 6.45) is 0.850. The summed E-state index contributed by atoms with van der Waals surface area (Å²) in [7, 11) is -2.42. The molecule has 134 valence electrons. The summed E-state index contributed by atoms with van der Waals surface area (Å²) in [6.45, 7) is 9.55. The number of hydrogen-bond acceptors (Lipinski definition) is 2. The van der Waals surface area contributed by atoms with Crippen molar-refractivity contribution in [1.82, 2.24) is 0 Å². The maximum atomic E-state index is 9.84. The SMILES string of the molecule is C[C@H](O)[C@H]1C[C@H]1CO[Si](c1ccccc1)(c1ccccc1)C(C)(C)C. The second kappa shape index (κ2) is 7.06. The smallest absolute Gasteiger partial charge is 0.261 e. The fourth-order valence-electron chi connectivity index (χ4n) is 4.05. The van der Waals surface area contributed by atoms with Crippen LogP contribution in [-0.4, -0.2) is 26.1 Å². The molecule has 2 nitrogen and oxygen atoms in total. The highest BCUT2D eigenvalue weighted by Gasteiger charge is 2.52. The van der Waals surface area contributed by atoms with Crippen LogP contribution in [0.15, 0.2) is 60.7 Å². The lowest BCUT2D eigenvalue weighted by molar-refractivity contribution is 0.155. The third-order valence-electron chi connectivity index (χ3n) is 5.53. The van der Waals surface area contributed by atoms with E-state index in [1.165, 1.54) is 10.4 Å². The van der Waals surface area contributed by atoms with Gasteiger partial charge in [0.1, 0.15) is 0 Å². The number of aliphatic hydroxyl groups excluding tert-OH is 1.